The first-order chi connectivity index (χ1) is 11.0. The Hall–Kier alpha value is -2.78. The number of benzene rings is 2. The Bertz CT molecular complexity index is 865. The predicted octanol–water partition coefficient (Wildman–Crippen LogP) is 3.04. The highest BCUT2D eigenvalue weighted by molar-refractivity contribution is 7.95. The molecular weight excluding hydrogens is 314 g/mol. The second-order valence-electron chi connectivity index (χ2n) is 4.55. The molecule has 0 saturated carbocycles. The van der Waals surface area contributed by atoms with Crippen LogP contribution in [0, 0.1) is 11.3 Å². The number of ether oxygens (including phenoxy) is 2. The van der Waals surface area contributed by atoms with Crippen LogP contribution in [0.25, 0.3) is 6.08 Å². The molecule has 118 valence electrons. The molecule has 23 heavy (non-hydrogen) atoms. The number of nitrogens with zero attached hydrogens (tertiary/aromatic N) is 1. The van der Waals surface area contributed by atoms with Crippen LogP contribution in [0.2, 0.25) is 0 Å². The van der Waals surface area contributed by atoms with Gasteiger partial charge >= 0.3 is 0 Å². The third-order valence-electron chi connectivity index (χ3n) is 3.16. The van der Waals surface area contributed by atoms with E-state index < -0.39 is 9.84 Å². The molecule has 0 aliphatic carbocycles. The summed E-state index contributed by atoms with van der Waals surface area (Å²) < 4.78 is 35.3. The largest absolute Gasteiger partial charge is 0.493 e. The van der Waals surface area contributed by atoms with Crippen LogP contribution in [-0.4, -0.2) is 22.6 Å². The highest BCUT2D eigenvalue weighted by atomic mass is 32.2. The van der Waals surface area contributed by atoms with E-state index in [0.29, 0.717) is 17.1 Å². The van der Waals surface area contributed by atoms with Crippen molar-refractivity contribution in [3.05, 3.63) is 59.0 Å². The Morgan fingerprint density at radius 1 is 1.04 bits per heavy atom. The van der Waals surface area contributed by atoms with Crippen molar-refractivity contribution in [1.29, 1.82) is 5.26 Å². The third-order valence-corrected chi connectivity index (χ3v) is 4.84. The SMILES string of the molecule is COc1ccc(/C=C(/C#N)S(=O)(=O)c2ccccc2)cc1OC. The molecule has 0 saturated heterocycles. The van der Waals surface area contributed by atoms with E-state index in [-0.39, 0.29) is 9.80 Å². The molecule has 0 unspecified atom stereocenters. The first-order valence-electron chi connectivity index (χ1n) is 6.67. The minimum absolute atomic E-state index is 0.0771. The van der Waals surface area contributed by atoms with E-state index in [4.69, 9.17) is 9.47 Å². The normalized spacial score (nSPS) is 11.6. The summed E-state index contributed by atoms with van der Waals surface area (Å²) in [6.45, 7) is 0. The number of allylic oxidation sites excluding steroid dienone is 1. The van der Waals surface area contributed by atoms with E-state index in [2.05, 4.69) is 0 Å². The Morgan fingerprint density at radius 3 is 2.26 bits per heavy atom. The summed E-state index contributed by atoms with van der Waals surface area (Å²) in [5.41, 5.74) is 0.527. The smallest absolute Gasteiger partial charge is 0.216 e. The van der Waals surface area contributed by atoms with Gasteiger partial charge < -0.3 is 9.47 Å². The van der Waals surface area contributed by atoms with Crippen molar-refractivity contribution >= 4 is 15.9 Å². The van der Waals surface area contributed by atoms with Crippen LogP contribution in [-0.2, 0) is 9.84 Å². The van der Waals surface area contributed by atoms with Gasteiger partial charge in [0.2, 0.25) is 9.84 Å². The van der Waals surface area contributed by atoms with Crippen molar-refractivity contribution in [3.8, 4) is 17.6 Å². The fourth-order valence-electron chi connectivity index (χ4n) is 1.99. The summed E-state index contributed by atoms with van der Waals surface area (Å²) in [4.78, 5) is -0.260. The molecule has 0 radical (unpaired) electrons. The minimum Gasteiger partial charge on any atom is -0.493 e. The third kappa shape index (κ3) is 3.52. The first kappa shape index (κ1) is 16.6. The monoisotopic (exact) mass is 329 g/mol. The molecule has 0 N–H and O–H groups in total. The van der Waals surface area contributed by atoms with Gasteiger partial charge in [-0.15, -0.1) is 0 Å². The highest BCUT2D eigenvalue weighted by Gasteiger charge is 2.20. The lowest BCUT2D eigenvalue weighted by molar-refractivity contribution is 0.355. The topological polar surface area (TPSA) is 76.4 Å². The molecule has 2 aromatic carbocycles. The van der Waals surface area contributed by atoms with Gasteiger partial charge in [0, 0.05) is 0 Å². The van der Waals surface area contributed by atoms with Crippen molar-refractivity contribution in [2.75, 3.05) is 14.2 Å². The molecule has 0 atom stereocenters. The number of hydrogen-bond acceptors (Lipinski definition) is 5. The molecule has 5 nitrogen and oxygen atoms in total. The molecule has 2 rings (SSSR count). The van der Waals surface area contributed by atoms with Crippen LogP contribution in [0.3, 0.4) is 0 Å². The van der Waals surface area contributed by atoms with Gasteiger partial charge in [0.1, 0.15) is 11.0 Å². The summed E-state index contributed by atoms with van der Waals surface area (Å²) in [6.07, 6.45) is 1.31. The molecule has 6 heteroatoms. The first-order valence-corrected chi connectivity index (χ1v) is 8.15. The molecule has 0 aliphatic heterocycles. The fraction of sp³-hybridized carbons (Fsp3) is 0.118. The Kier molecular flexibility index (Phi) is 5.04. The van der Waals surface area contributed by atoms with Gasteiger partial charge in [0.25, 0.3) is 0 Å². The van der Waals surface area contributed by atoms with Crippen molar-refractivity contribution in [2.24, 2.45) is 0 Å². The lowest BCUT2D eigenvalue weighted by atomic mass is 10.2. The number of methoxy groups -OCH3 is 2. The molecule has 0 amide bonds. The van der Waals surface area contributed by atoms with E-state index in [1.807, 2.05) is 0 Å². The maximum Gasteiger partial charge on any atom is 0.216 e. The molecule has 2 aromatic rings. The van der Waals surface area contributed by atoms with Gasteiger partial charge in [-0.2, -0.15) is 5.26 Å². The standard InChI is InChI=1S/C17H15NO4S/c1-21-16-9-8-13(11-17(16)22-2)10-15(12-18)23(19,20)14-6-4-3-5-7-14/h3-11H,1-2H3/b15-10-. The summed E-state index contributed by atoms with van der Waals surface area (Å²) >= 11 is 0. The van der Waals surface area contributed by atoms with E-state index >= 15 is 0 Å². The van der Waals surface area contributed by atoms with Crippen LogP contribution in [0.1, 0.15) is 5.56 Å². The van der Waals surface area contributed by atoms with E-state index in [1.165, 1.54) is 32.4 Å². The zero-order chi connectivity index (χ0) is 16.9. The molecule has 0 spiro atoms. The zero-order valence-corrected chi connectivity index (χ0v) is 13.5. The van der Waals surface area contributed by atoms with Crippen LogP contribution in [0.4, 0.5) is 0 Å². The molecule has 0 aromatic heterocycles. The Morgan fingerprint density at radius 2 is 1.70 bits per heavy atom. The summed E-state index contributed by atoms with van der Waals surface area (Å²) in [5.74, 6) is 0.977. The summed E-state index contributed by atoms with van der Waals surface area (Å²) in [7, 11) is -0.865. The van der Waals surface area contributed by atoms with Crippen LogP contribution in [0.15, 0.2) is 58.3 Å². The maximum atomic E-state index is 12.5. The Labute approximate surface area is 135 Å². The van der Waals surface area contributed by atoms with Crippen LogP contribution >= 0.6 is 0 Å². The van der Waals surface area contributed by atoms with Crippen molar-refractivity contribution in [2.45, 2.75) is 4.90 Å². The minimum atomic E-state index is -3.86. The number of rotatable bonds is 5. The van der Waals surface area contributed by atoms with Gasteiger partial charge in [-0.25, -0.2) is 8.42 Å². The van der Waals surface area contributed by atoms with Crippen molar-refractivity contribution in [1.82, 2.24) is 0 Å². The van der Waals surface area contributed by atoms with E-state index in [9.17, 15) is 13.7 Å². The van der Waals surface area contributed by atoms with Gasteiger partial charge in [-0.05, 0) is 35.9 Å². The quantitative estimate of drug-likeness (QED) is 0.788. The van der Waals surface area contributed by atoms with Gasteiger partial charge in [0.05, 0.1) is 19.1 Å². The second kappa shape index (κ2) is 6.99. The number of sulfone groups is 1. The number of nitriles is 1. The van der Waals surface area contributed by atoms with Crippen molar-refractivity contribution < 1.29 is 17.9 Å². The van der Waals surface area contributed by atoms with Gasteiger partial charge in [-0.3, -0.25) is 0 Å². The summed E-state index contributed by atoms with van der Waals surface area (Å²) in [6, 6.07) is 14.5. The van der Waals surface area contributed by atoms with Crippen LogP contribution in [0.5, 0.6) is 11.5 Å². The molecular formula is C17H15NO4S. The van der Waals surface area contributed by atoms with Crippen LogP contribution < -0.4 is 9.47 Å². The summed E-state index contributed by atoms with van der Waals surface area (Å²) in [5, 5.41) is 9.26. The molecule has 0 heterocycles. The average molecular weight is 329 g/mol. The van der Waals surface area contributed by atoms with E-state index in [1.54, 1.807) is 42.5 Å². The number of hydrogen-bond donors (Lipinski definition) is 0. The maximum absolute atomic E-state index is 12.5. The Balaban J connectivity index is 2.50. The second-order valence-corrected chi connectivity index (χ2v) is 6.47. The molecule has 0 bridgehead atoms. The van der Waals surface area contributed by atoms with Gasteiger partial charge in [-0.1, -0.05) is 24.3 Å². The molecule has 0 aliphatic rings. The zero-order valence-electron chi connectivity index (χ0n) is 12.7. The van der Waals surface area contributed by atoms with E-state index in [0.717, 1.165) is 0 Å². The highest BCUT2D eigenvalue weighted by Crippen LogP contribution is 2.29. The average Bonchev–Trinajstić information content (AvgIpc) is 2.59. The van der Waals surface area contributed by atoms with Crippen molar-refractivity contribution in [3.63, 3.8) is 0 Å². The molecule has 0 fully saturated rings. The lowest BCUT2D eigenvalue weighted by Gasteiger charge is -2.08. The van der Waals surface area contributed by atoms with Gasteiger partial charge in [0.15, 0.2) is 11.5 Å². The fourth-order valence-corrected chi connectivity index (χ4v) is 3.17. The predicted molar refractivity (Wildman–Crippen MR) is 86.8 cm³/mol. The lowest BCUT2D eigenvalue weighted by Crippen LogP contribution is -2.03.